The van der Waals surface area contributed by atoms with E-state index in [2.05, 4.69) is 34.6 Å². The van der Waals surface area contributed by atoms with Crippen molar-refractivity contribution < 1.29 is 5.11 Å². The molecule has 3 aromatic rings. The molecule has 0 radical (unpaired) electrons. The number of phenolic OH excluding ortho intramolecular Hbond substituents is 1. The fourth-order valence-electron chi connectivity index (χ4n) is 4.26. The maximum Gasteiger partial charge on any atom is 0.134 e. The Kier molecular flexibility index (Phi) is 7.55. The highest BCUT2D eigenvalue weighted by Crippen LogP contribution is 2.25. The van der Waals surface area contributed by atoms with E-state index in [0.717, 1.165) is 67.3 Å². The van der Waals surface area contributed by atoms with Crippen LogP contribution in [0.2, 0.25) is 5.02 Å². The third-order valence-electron chi connectivity index (χ3n) is 6.11. The third kappa shape index (κ3) is 6.28. The van der Waals surface area contributed by atoms with Crippen LogP contribution in [0.4, 0.5) is 0 Å². The van der Waals surface area contributed by atoms with Crippen molar-refractivity contribution in [3.63, 3.8) is 0 Å². The standard InChI is InChI=1S/C26H30ClN3O/c27-23-18-21(9-10-25(23)31)4-2-6-26-29-16-13-24(30-26)22-5-1-3-20(17-22)8-7-19-11-14-28-15-12-19/h1,3,5,9-10,13,16-19,28,31H,2,4,6-8,11-12,14-15H2. The Hall–Kier alpha value is -2.43. The Bertz CT molecular complexity index is 1000. The van der Waals surface area contributed by atoms with Gasteiger partial charge in [0.05, 0.1) is 10.7 Å². The molecule has 1 aliphatic heterocycles. The molecular weight excluding hydrogens is 406 g/mol. The Labute approximate surface area is 189 Å². The van der Waals surface area contributed by atoms with Crippen LogP contribution in [0.5, 0.6) is 5.75 Å². The van der Waals surface area contributed by atoms with Crippen molar-refractivity contribution in [2.45, 2.75) is 44.9 Å². The molecule has 0 bridgehead atoms. The van der Waals surface area contributed by atoms with Crippen LogP contribution in [0.25, 0.3) is 11.3 Å². The molecule has 1 aromatic heterocycles. The minimum atomic E-state index is 0.124. The molecule has 4 rings (SSSR count). The molecular formula is C26H30ClN3O. The summed E-state index contributed by atoms with van der Waals surface area (Å²) in [6.07, 6.45) is 9.46. The van der Waals surface area contributed by atoms with Crippen LogP contribution in [0.1, 0.15) is 42.6 Å². The normalized spacial score (nSPS) is 14.6. The van der Waals surface area contributed by atoms with E-state index in [4.69, 9.17) is 16.6 Å². The van der Waals surface area contributed by atoms with Gasteiger partial charge in [0.25, 0.3) is 0 Å². The lowest BCUT2D eigenvalue weighted by Gasteiger charge is -2.22. The van der Waals surface area contributed by atoms with Gasteiger partial charge in [-0.15, -0.1) is 0 Å². The largest absolute Gasteiger partial charge is 0.506 e. The number of benzene rings is 2. The fourth-order valence-corrected chi connectivity index (χ4v) is 4.47. The molecule has 1 saturated heterocycles. The molecule has 162 valence electrons. The lowest BCUT2D eigenvalue weighted by molar-refractivity contribution is 0.354. The van der Waals surface area contributed by atoms with Gasteiger partial charge in [-0.3, -0.25) is 0 Å². The summed E-state index contributed by atoms with van der Waals surface area (Å²) in [5.41, 5.74) is 4.65. The molecule has 0 aliphatic carbocycles. The molecule has 0 saturated carbocycles. The molecule has 2 aromatic carbocycles. The monoisotopic (exact) mass is 435 g/mol. The van der Waals surface area contributed by atoms with Crippen molar-refractivity contribution in [2.75, 3.05) is 13.1 Å². The predicted octanol–water partition coefficient (Wildman–Crippen LogP) is 5.61. The number of piperidine rings is 1. The molecule has 2 N–H and O–H groups in total. The van der Waals surface area contributed by atoms with Crippen molar-refractivity contribution in [1.29, 1.82) is 0 Å². The average molecular weight is 436 g/mol. The molecule has 0 spiro atoms. The Balaban J connectivity index is 1.35. The topological polar surface area (TPSA) is 58.0 Å². The van der Waals surface area contributed by atoms with Crippen LogP contribution in [0, 0.1) is 5.92 Å². The SMILES string of the molecule is Oc1ccc(CCCc2nccc(-c3cccc(CCC4CCNCC4)c3)n2)cc1Cl. The van der Waals surface area contributed by atoms with Gasteiger partial charge in [0.2, 0.25) is 0 Å². The van der Waals surface area contributed by atoms with Gasteiger partial charge in [-0.2, -0.15) is 0 Å². The molecule has 0 atom stereocenters. The zero-order chi connectivity index (χ0) is 21.5. The highest BCUT2D eigenvalue weighted by atomic mass is 35.5. The number of nitrogens with zero attached hydrogens (tertiary/aromatic N) is 2. The van der Waals surface area contributed by atoms with Crippen LogP contribution < -0.4 is 5.32 Å². The van der Waals surface area contributed by atoms with Gasteiger partial charge in [0.15, 0.2) is 0 Å². The number of nitrogens with one attached hydrogen (secondary N) is 1. The molecule has 1 aliphatic rings. The summed E-state index contributed by atoms with van der Waals surface area (Å²) in [4.78, 5) is 9.28. The van der Waals surface area contributed by atoms with Crippen LogP contribution >= 0.6 is 11.6 Å². The minimum Gasteiger partial charge on any atom is -0.506 e. The van der Waals surface area contributed by atoms with Crippen molar-refractivity contribution in [1.82, 2.24) is 15.3 Å². The number of halogens is 1. The summed E-state index contributed by atoms with van der Waals surface area (Å²) in [6, 6.07) is 16.2. The van der Waals surface area contributed by atoms with E-state index < -0.39 is 0 Å². The Morgan fingerprint density at radius 2 is 1.81 bits per heavy atom. The number of aromatic nitrogens is 2. The first-order valence-corrected chi connectivity index (χ1v) is 11.6. The van der Waals surface area contributed by atoms with E-state index >= 15 is 0 Å². The highest BCUT2D eigenvalue weighted by Gasteiger charge is 2.13. The van der Waals surface area contributed by atoms with Gasteiger partial charge in [-0.1, -0.05) is 35.9 Å². The average Bonchev–Trinajstić information content (AvgIpc) is 2.81. The highest BCUT2D eigenvalue weighted by molar-refractivity contribution is 6.32. The van der Waals surface area contributed by atoms with E-state index in [1.54, 1.807) is 6.07 Å². The van der Waals surface area contributed by atoms with Crippen molar-refractivity contribution in [2.24, 2.45) is 5.92 Å². The lowest BCUT2D eigenvalue weighted by Crippen LogP contribution is -2.27. The first-order chi connectivity index (χ1) is 15.2. The van der Waals surface area contributed by atoms with E-state index in [9.17, 15) is 5.11 Å². The molecule has 1 fully saturated rings. The quantitative estimate of drug-likeness (QED) is 0.482. The number of rotatable bonds is 8. The summed E-state index contributed by atoms with van der Waals surface area (Å²) in [5, 5.41) is 13.4. The zero-order valence-corrected chi connectivity index (χ0v) is 18.6. The van der Waals surface area contributed by atoms with Gasteiger partial charge < -0.3 is 10.4 Å². The first kappa shape index (κ1) is 21.8. The number of aromatic hydroxyl groups is 1. The summed E-state index contributed by atoms with van der Waals surface area (Å²) < 4.78 is 0. The van der Waals surface area contributed by atoms with Crippen molar-refractivity contribution >= 4 is 11.6 Å². The van der Waals surface area contributed by atoms with Gasteiger partial charge in [-0.25, -0.2) is 9.97 Å². The Morgan fingerprint density at radius 1 is 0.968 bits per heavy atom. The molecule has 5 heteroatoms. The van der Waals surface area contributed by atoms with E-state index in [-0.39, 0.29) is 5.75 Å². The molecule has 0 unspecified atom stereocenters. The first-order valence-electron chi connectivity index (χ1n) is 11.3. The maximum absolute atomic E-state index is 9.55. The second-order valence-electron chi connectivity index (χ2n) is 8.43. The zero-order valence-electron chi connectivity index (χ0n) is 17.9. The summed E-state index contributed by atoms with van der Waals surface area (Å²) in [7, 11) is 0. The second kappa shape index (κ2) is 10.7. The smallest absolute Gasteiger partial charge is 0.134 e. The summed E-state index contributed by atoms with van der Waals surface area (Å²) >= 11 is 6.00. The molecule has 2 heterocycles. The summed E-state index contributed by atoms with van der Waals surface area (Å²) in [6.45, 7) is 2.32. The maximum atomic E-state index is 9.55. The van der Waals surface area contributed by atoms with Crippen LogP contribution in [0.15, 0.2) is 54.7 Å². The molecule has 31 heavy (non-hydrogen) atoms. The van der Waals surface area contributed by atoms with Crippen molar-refractivity contribution in [3.8, 4) is 17.0 Å². The lowest BCUT2D eigenvalue weighted by atomic mass is 9.91. The number of phenols is 1. The summed E-state index contributed by atoms with van der Waals surface area (Å²) in [5.74, 6) is 1.83. The van der Waals surface area contributed by atoms with E-state index in [1.807, 2.05) is 24.4 Å². The number of aryl methyl sites for hydroxylation is 3. The van der Waals surface area contributed by atoms with Gasteiger partial charge in [-0.05, 0) is 92.9 Å². The number of hydrogen-bond acceptors (Lipinski definition) is 4. The van der Waals surface area contributed by atoms with Crippen LogP contribution in [0.3, 0.4) is 0 Å². The van der Waals surface area contributed by atoms with Crippen LogP contribution in [-0.2, 0) is 19.3 Å². The molecule has 0 amide bonds. The minimum absolute atomic E-state index is 0.124. The number of hydrogen-bond donors (Lipinski definition) is 2. The Morgan fingerprint density at radius 3 is 2.65 bits per heavy atom. The third-order valence-corrected chi connectivity index (χ3v) is 6.41. The fraction of sp³-hybridized carbons (Fsp3) is 0.385. The molecule has 4 nitrogen and oxygen atoms in total. The van der Waals surface area contributed by atoms with E-state index in [1.165, 1.54) is 24.8 Å². The van der Waals surface area contributed by atoms with E-state index in [0.29, 0.717) is 5.02 Å². The van der Waals surface area contributed by atoms with Crippen LogP contribution in [-0.4, -0.2) is 28.2 Å². The van der Waals surface area contributed by atoms with Gasteiger partial charge >= 0.3 is 0 Å². The van der Waals surface area contributed by atoms with Crippen molar-refractivity contribution in [3.05, 3.63) is 76.7 Å². The van der Waals surface area contributed by atoms with Gasteiger partial charge in [0.1, 0.15) is 11.6 Å². The van der Waals surface area contributed by atoms with Gasteiger partial charge in [0, 0.05) is 18.2 Å². The second-order valence-corrected chi connectivity index (χ2v) is 8.84. The predicted molar refractivity (Wildman–Crippen MR) is 127 cm³/mol.